The number of anilines is 2. The quantitative estimate of drug-likeness (QED) is 0.503. The molecule has 0 atom stereocenters. The van der Waals surface area contributed by atoms with Crippen LogP contribution in [0.2, 0.25) is 0 Å². The summed E-state index contributed by atoms with van der Waals surface area (Å²) in [4.78, 5) is 50.0. The molecule has 0 saturated carbocycles. The Hall–Kier alpha value is -3.79. The minimum atomic E-state index is -0.344. The van der Waals surface area contributed by atoms with Gasteiger partial charge < -0.3 is 14.4 Å². The Morgan fingerprint density at radius 2 is 1.71 bits per heavy atom. The summed E-state index contributed by atoms with van der Waals surface area (Å²) < 4.78 is 2.37. The third-order valence-corrected chi connectivity index (χ3v) is 8.24. The van der Waals surface area contributed by atoms with Gasteiger partial charge in [-0.3, -0.25) is 19.8 Å². The molecule has 0 aliphatic carbocycles. The first-order valence-corrected chi connectivity index (χ1v) is 13.5. The number of likely N-dealkylation sites (tertiary alicyclic amines) is 1. The molecular weight excluding hydrogens is 482 g/mol. The molecule has 1 N–H and O–H groups in total. The molecule has 5 heterocycles. The molecule has 3 amide bonds. The van der Waals surface area contributed by atoms with Gasteiger partial charge in [-0.1, -0.05) is 6.07 Å². The molecule has 198 valence electrons. The average Bonchev–Trinajstić information content (AvgIpc) is 3.39. The largest absolute Gasteiger partial charge is 0.344 e. The summed E-state index contributed by atoms with van der Waals surface area (Å²) in [7, 11) is 0. The smallest absolute Gasteiger partial charge is 0.328 e. The lowest BCUT2D eigenvalue weighted by Crippen LogP contribution is -2.49. The number of urea groups is 1. The molecule has 10 heteroatoms. The normalized spacial score (nSPS) is 20.2. The third kappa shape index (κ3) is 4.88. The molecule has 1 aromatic carbocycles. The third-order valence-electron chi connectivity index (χ3n) is 8.24. The number of nitrogens with zero attached hydrogens (tertiary/aromatic N) is 6. The number of rotatable bonds is 6. The number of nitrogens with one attached hydrogen (secondary N) is 1. The van der Waals surface area contributed by atoms with Crippen molar-refractivity contribution in [2.45, 2.75) is 38.1 Å². The summed E-state index contributed by atoms with van der Waals surface area (Å²) in [5, 5.41) is 3.48. The van der Waals surface area contributed by atoms with Crippen molar-refractivity contribution < 1.29 is 14.4 Å². The van der Waals surface area contributed by atoms with E-state index < -0.39 is 0 Å². The van der Waals surface area contributed by atoms with E-state index in [9.17, 15) is 14.4 Å². The van der Waals surface area contributed by atoms with E-state index in [1.807, 2.05) is 12.1 Å². The van der Waals surface area contributed by atoms with Gasteiger partial charge in [0, 0.05) is 75.7 Å². The summed E-state index contributed by atoms with van der Waals surface area (Å²) in [6.07, 6.45) is 10.9. The van der Waals surface area contributed by atoms with Crippen LogP contribution in [0.4, 0.5) is 16.4 Å². The number of carbonyl (C=O) groups is 3. The standard InChI is InChI=1S/C28H33N7O3/c36-19-21-16-29-27(30-17-21)33-12-4-20(5-13-33)18-32-10-6-22(7-11-32)34-14-8-23-24(34)2-1-3-25(23)35-15-9-26(37)31-28(35)38/h1-3,8,14,16-17,19-20,22H,4-7,9-13,15,18H2,(H,31,37,38). The number of imide groups is 1. The van der Waals surface area contributed by atoms with Gasteiger partial charge in [0.1, 0.15) is 0 Å². The van der Waals surface area contributed by atoms with Gasteiger partial charge in [0.2, 0.25) is 11.9 Å². The Kier molecular flexibility index (Phi) is 6.80. The Balaban J connectivity index is 1.04. The molecular formula is C28H33N7O3. The summed E-state index contributed by atoms with van der Waals surface area (Å²) in [6.45, 7) is 5.59. The zero-order valence-electron chi connectivity index (χ0n) is 21.5. The fourth-order valence-corrected chi connectivity index (χ4v) is 6.14. The molecule has 6 rings (SSSR count). The van der Waals surface area contributed by atoms with Crippen molar-refractivity contribution in [2.24, 2.45) is 5.92 Å². The highest BCUT2D eigenvalue weighted by Gasteiger charge is 2.28. The number of hydrogen-bond acceptors (Lipinski definition) is 7. The molecule has 0 bridgehead atoms. The van der Waals surface area contributed by atoms with Crippen LogP contribution in [0, 0.1) is 5.92 Å². The minimum absolute atomic E-state index is 0.215. The van der Waals surface area contributed by atoms with Gasteiger partial charge in [-0.05, 0) is 49.8 Å². The van der Waals surface area contributed by atoms with Crippen molar-refractivity contribution in [1.82, 2.24) is 24.8 Å². The summed E-state index contributed by atoms with van der Waals surface area (Å²) in [5.74, 6) is 1.17. The zero-order valence-corrected chi connectivity index (χ0v) is 21.5. The van der Waals surface area contributed by atoms with Crippen molar-refractivity contribution in [3.05, 3.63) is 48.4 Å². The van der Waals surface area contributed by atoms with Crippen LogP contribution in [0.1, 0.15) is 48.5 Å². The Bertz CT molecular complexity index is 1320. The van der Waals surface area contributed by atoms with Crippen LogP contribution in [0.3, 0.4) is 0 Å². The van der Waals surface area contributed by atoms with Gasteiger partial charge in [-0.2, -0.15) is 0 Å². The lowest BCUT2D eigenvalue weighted by atomic mass is 9.95. The van der Waals surface area contributed by atoms with Crippen LogP contribution >= 0.6 is 0 Å². The van der Waals surface area contributed by atoms with Gasteiger partial charge in [-0.25, -0.2) is 14.8 Å². The van der Waals surface area contributed by atoms with E-state index in [4.69, 9.17) is 0 Å². The molecule has 0 spiro atoms. The molecule has 3 fully saturated rings. The van der Waals surface area contributed by atoms with Crippen LogP contribution in [0.25, 0.3) is 10.9 Å². The second-order valence-corrected chi connectivity index (χ2v) is 10.6. The van der Waals surface area contributed by atoms with E-state index in [1.54, 1.807) is 17.3 Å². The maximum atomic E-state index is 12.4. The first-order valence-electron chi connectivity index (χ1n) is 13.5. The van der Waals surface area contributed by atoms with Crippen LogP contribution < -0.4 is 15.1 Å². The van der Waals surface area contributed by atoms with E-state index in [-0.39, 0.29) is 11.9 Å². The highest BCUT2D eigenvalue weighted by Crippen LogP contribution is 2.34. The fourth-order valence-electron chi connectivity index (χ4n) is 6.14. The number of piperidine rings is 2. The van der Waals surface area contributed by atoms with Gasteiger partial charge in [0.25, 0.3) is 0 Å². The first kappa shape index (κ1) is 24.5. The highest BCUT2D eigenvalue weighted by atomic mass is 16.2. The number of aromatic nitrogens is 3. The van der Waals surface area contributed by atoms with Gasteiger partial charge in [0.15, 0.2) is 6.29 Å². The minimum Gasteiger partial charge on any atom is -0.344 e. The molecule has 3 aliphatic heterocycles. The Labute approximate surface area is 221 Å². The van der Waals surface area contributed by atoms with Crippen LogP contribution in [0.5, 0.6) is 0 Å². The molecule has 3 aromatic rings. The van der Waals surface area contributed by atoms with Gasteiger partial charge in [0.05, 0.1) is 16.8 Å². The van der Waals surface area contributed by atoms with E-state index in [2.05, 4.69) is 48.0 Å². The van der Waals surface area contributed by atoms with Crippen molar-refractivity contribution in [3.8, 4) is 0 Å². The molecule has 3 aliphatic rings. The SMILES string of the molecule is O=Cc1cnc(N2CCC(CN3CCC(n4ccc5c(N6CCC(=O)NC6=O)cccc54)CC3)CC2)nc1. The number of hydrogen-bond donors (Lipinski definition) is 1. The molecule has 2 aromatic heterocycles. The summed E-state index contributed by atoms with van der Waals surface area (Å²) >= 11 is 0. The summed E-state index contributed by atoms with van der Waals surface area (Å²) in [5.41, 5.74) is 2.51. The van der Waals surface area contributed by atoms with Crippen molar-refractivity contribution in [3.63, 3.8) is 0 Å². The topological polar surface area (TPSA) is 104 Å². The highest BCUT2D eigenvalue weighted by molar-refractivity contribution is 6.09. The second kappa shape index (κ2) is 10.5. The molecule has 0 unspecified atom stereocenters. The predicted octanol–water partition coefficient (Wildman–Crippen LogP) is 3.24. The van der Waals surface area contributed by atoms with Crippen LogP contribution in [0.15, 0.2) is 42.9 Å². The predicted molar refractivity (Wildman–Crippen MR) is 145 cm³/mol. The van der Waals surface area contributed by atoms with Gasteiger partial charge in [-0.15, -0.1) is 0 Å². The van der Waals surface area contributed by atoms with E-state index in [1.165, 1.54) is 0 Å². The van der Waals surface area contributed by atoms with Crippen LogP contribution in [-0.2, 0) is 4.79 Å². The average molecular weight is 516 g/mol. The number of benzene rings is 1. The van der Waals surface area contributed by atoms with Crippen molar-refractivity contribution in [2.75, 3.05) is 49.1 Å². The zero-order chi connectivity index (χ0) is 26.1. The fraction of sp³-hybridized carbons (Fsp3) is 0.464. The second-order valence-electron chi connectivity index (χ2n) is 10.6. The lowest BCUT2D eigenvalue weighted by Gasteiger charge is -2.38. The molecule has 10 nitrogen and oxygen atoms in total. The van der Waals surface area contributed by atoms with E-state index >= 15 is 0 Å². The molecule has 0 radical (unpaired) electrons. The maximum absolute atomic E-state index is 12.4. The maximum Gasteiger partial charge on any atom is 0.328 e. The monoisotopic (exact) mass is 515 g/mol. The van der Waals surface area contributed by atoms with Gasteiger partial charge >= 0.3 is 6.03 Å². The van der Waals surface area contributed by atoms with Crippen LogP contribution in [-0.4, -0.2) is 76.9 Å². The number of fused-ring (bicyclic) bond motifs is 1. The molecule has 3 saturated heterocycles. The van der Waals surface area contributed by atoms with E-state index in [0.29, 0.717) is 36.4 Å². The Morgan fingerprint density at radius 1 is 0.947 bits per heavy atom. The number of aldehydes is 1. The Morgan fingerprint density at radius 3 is 2.42 bits per heavy atom. The number of amides is 3. The molecule has 38 heavy (non-hydrogen) atoms. The van der Waals surface area contributed by atoms with E-state index in [0.717, 1.165) is 81.3 Å². The number of carbonyl (C=O) groups excluding carboxylic acids is 3. The lowest BCUT2D eigenvalue weighted by molar-refractivity contribution is -0.120. The first-order chi connectivity index (χ1) is 18.6. The van der Waals surface area contributed by atoms with Crippen molar-refractivity contribution in [1.29, 1.82) is 0 Å². The van der Waals surface area contributed by atoms with Crippen molar-refractivity contribution >= 4 is 40.8 Å². The summed E-state index contributed by atoms with van der Waals surface area (Å²) in [6, 6.07) is 8.28.